The smallest absolute Gasteiger partial charge is 0.410 e. The second kappa shape index (κ2) is 7.51. The van der Waals surface area contributed by atoms with Crippen molar-refractivity contribution in [2.45, 2.75) is 53.1 Å². The summed E-state index contributed by atoms with van der Waals surface area (Å²) in [5, 5.41) is 3.65. The number of nitrogens with one attached hydrogen (secondary N) is 1. The second-order valence-corrected chi connectivity index (χ2v) is 9.81. The summed E-state index contributed by atoms with van der Waals surface area (Å²) in [7, 11) is 0. The van der Waals surface area contributed by atoms with Crippen LogP contribution in [0.3, 0.4) is 0 Å². The van der Waals surface area contributed by atoms with Crippen molar-refractivity contribution in [3.63, 3.8) is 0 Å². The average molecular weight is 364 g/mol. The van der Waals surface area contributed by atoms with Crippen LogP contribution in [-0.4, -0.2) is 67.3 Å². The van der Waals surface area contributed by atoms with Crippen LogP contribution in [0.1, 0.15) is 47.5 Å². The van der Waals surface area contributed by atoms with E-state index in [-0.39, 0.29) is 6.09 Å². The zero-order valence-electron chi connectivity index (χ0n) is 17.3. The third-order valence-corrected chi connectivity index (χ3v) is 6.54. The second-order valence-electron chi connectivity index (χ2n) is 9.81. The number of amides is 1. The van der Waals surface area contributed by atoms with E-state index < -0.39 is 5.60 Å². The van der Waals surface area contributed by atoms with Crippen LogP contribution in [0.5, 0.6) is 0 Å². The van der Waals surface area contributed by atoms with Crippen molar-refractivity contribution in [3.05, 3.63) is 11.6 Å². The molecule has 5 heteroatoms. The Morgan fingerprint density at radius 3 is 2.54 bits per heavy atom. The zero-order chi connectivity index (χ0) is 18.9. The lowest BCUT2D eigenvalue weighted by molar-refractivity contribution is -0.00744. The van der Waals surface area contributed by atoms with Gasteiger partial charge < -0.3 is 15.0 Å². The van der Waals surface area contributed by atoms with E-state index in [1.807, 2.05) is 25.7 Å². The summed E-state index contributed by atoms with van der Waals surface area (Å²) in [6, 6.07) is 0. The summed E-state index contributed by atoms with van der Waals surface area (Å²) in [4.78, 5) is 16.4. The van der Waals surface area contributed by atoms with E-state index >= 15 is 0 Å². The molecular formula is C21H37N3O2. The molecule has 2 atom stereocenters. The van der Waals surface area contributed by atoms with Crippen LogP contribution in [0.2, 0.25) is 0 Å². The monoisotopic (exact) mass is 363 g/mol. The number of piperazine rings is 1. The van der Waals surface area contributed by atoms with Gasteiger partial charge in [0.15, 0.2) is 0 Å². The molecule has 0 aromatic rings. The number of hydrogen-bond acceptors (Lipinski definition) is 4. The molecule has 5 nitrogen and oxygen atoms in total. The van der Waals surface area contributed by atoms with E-state index in [4.69, 9.17) is 4.74 Å². The molecule has 1 aliphatic heterocycles. The number of ether oxygens (including phenoxy) is 1. The summed E-state index contributed by atoms with van der Waals surface area (Å²) < 4.78 is 5.46. The Bertz CT molecular complexity index is 542. The minimum absolute atomic E-state index is 0.180. The standard InChI is InChI=1S/C21H37N3O2/c1-20(2,3)26-19(25)24-12-10-23(11-13-24)9-8-22-15-16-6-7-17-14-18(16)21(17,4)5/h6,17-18,22H,7-15H2,1-5H3/t17-,18-/m1/s1. The SMILES string of the molecule is CC(C)(C)OC(=O)N1CCN(CCNCC2=CC[C@@H]3C[C@H]2C3(C)C)CC1. The van der Waals surface area contributed by atoms with E-state index in [1.165, 1.54) is 12.8 Å². The molecule has 1 heterocycles. The first-order valence-electron chi connectivity index (χ1n) is 10.3. The highest BCUT2D eigenvalue weighted by Crippen LogP contribution is 2.58. The minimum atomic E-state index is -0.416. The molecular weight excluding hydrogens is 326 g/mol. The van der Waals surface area contributed by atoms with Crippen molar-refractivity contribution in [3.8, 4) is 0 Å². The van der Waals surface area contributed by atoms with Crippen molar-refractivity contribution in [2.24, 2.45) is 17.3 Å². The maximum Gasteiger partial charge on any atom is 0.410 e. The topological polar surface area (TPSA) is 44.8 Å². The molecule has 3 aliphatic carbocycles. The Kier molecular flexibility index (Phi) is 5.69. The first kappa shape index (κ1) is 19.7. The number of carbonyl (C=O) groups is 1. The minimum Gasteiger partial charge on any atom is -0.444 e. The van der Waals surface area contributed by atoms with Gasteiger partial charge in [0.1, 0.15) is 5.60 Å². The highest BCUT2D eigenvalue weighted by Gasteiger charge is 2.50. The summed E-state index contributed by atoms with van der Waals surface area (Å²) in [6.07, 6.45) is 4.97. The summed E-state index contributed by atoms with van der Waals surface area (Å²) >= 11 is 0. The highest BCUT2D eigenvalue weighted by atomic mass is 16.6. The predicted molar refractivity (Wildman–Crippen MR) is 105 cm³/mol. The highest BCUT2D eigenvalue weighted by molar-refractivity contribution is 5.68. The summed E-state index contributed by atoms with van der Waals surface area (Å²) in [6.45, 7) is 17.1. The number of hydrogen-bond donors (Lipinski definition) is 1. The summed E-state index contributed by atoms with van der Waals surface area (Å²) in [5.41, 5.74) is 1.73. The Morgan fingerprint density at radius 2 is 1.96 bits per heavy atom. The van der Waals surface area contributed by atoms with Crippen LogP contribution in [0.15, 0.2) is 11.6 Å². The Labute approximate surface area is 159 Å². The third-order valence-electron chi connectivity index (χ3n) is 6.54. The molecule has 2 bridgehead atoms. The molecule has 0 radical (unpaired) electrons. The molecule has 4 aliphatic rings. The van der Waals surface area contributed by atoms with E-state index in [9.17, 15) is 4.79 Å². The number of rotatable bonds is 5. The van der Waals surface area contributed by atoms with Crippen molar-refractivity contribution in [2.75, 3.05) is 45.8 Å². The van der Waals surface area contributed by atoms with E-state index in [0.29, 0.717) is 5.41 Å². The largest absolute Gasteiger partial charge is 0.444 e. The summed E-state index contributed by atoms with van der Waals surface area (Å²) in [5.74, 6) is 1.71. The molecule has 0 aromatic carbocycles. The lowest BCUT2D eigenvalue weighted by Crippen LogP contribution is -2.51. The number of fused-ring (bicyclic) bond motifs is 1. The molecule has 1 saturated heterocycles. The van der Waals surface area contributed by atoms with Gasteiger partial charge in [-0.25, -0.2) is 4.79 Å². The van der Waals surface area contributed by atoms with Gasteiger partial charge in [-0.15, -0.1) is 0 Å². The maximum absolute atomic E-state index is 12.1. The van der Waals surface area contributed by atoms with Crippen molar-refractivity contribution in [1.82, 2.24) is 15.1 Å². The lowest BCUT2D eigenvalue weighted by atomic mass is 9.49. The van der Waals surface area contributed by atoms with Gasteiger partial charge in [-0.2, -0.15) is 0 Å². The van der Waals surface area contributed by atoms with Crippen LogP contribution < -0.4 is 5.32 Å². The van der Waals surface area contributed by atoms with Gasteiger partial charge in [0.2, 0.25) is 0 Å². The first-order valence-corrected chi connectivity index (χ1v) is 10.3. The molecule has 1 amide bonds. The van der Waals surface area contributed by atoms with Crippen LogP contribution >= 0.6 is 0 Å². The molecule has 26 heavy (non-hydrogen) atoms. The van der Waals surface area contributed by atoms with E-state index in [2.05, 4.69) is 30.1 Å². The van der Waals surface area contributed by atoms with Crippen molar-refractivity contribution >= 4 is 6.09 Å². The first-order chi connectivity index (χ1) is 12.2. The molecule has 0 spiro atoms. The molecule has 0 aromatic heterocycles. The van der Waals surface area contributed by atoms with Gasteiger partial charge in [0.25, 0.3) is 0 Å². The lowest BCUT2D eigenvalue weighted by Gasteiger charge is -2.56. The van der Waals surface area contributed by atoms with Crippen LogP contribution in [0.25, 0.3) is 0 Å². The van der Waals surface area contributed by atoms with Gasteiger partial charge in [-0.05, 0) is 50.9 Å². The maximum atomic E-state index is 12.1. The quantitative estimate of drug-likeness (QED) is 0.602. The van der Waals surface area contributed by atoms with Crippen LogP contribution in [0.4, 0.5) is 4.79 Å². The Hall–Kier alpha value is -1.07. The normalized spacial score (nSPS) is 28.3. The molecule has 0 unspecified atom stereocenters. The van der Waals surface area contributed by atoms with Gasteiger partial charge in [-0.3, -0.25) is 4.90 Å². The van der Waals surface area contributed by atoms with Crippen LogP contribution in [-0.2, 0) is 4.74 Å². The zero-order valence-corrected chi connectivity index (χ0v) is 17.3. The molecule has 4 rings (SSSR count). The fraction of sp³-hybridized carbons (Fsp3) is 0.857. The number of allylic oxidation sites excluding steroid dienone is 1. The molecule has 148 valence electrons. The molecule has 1 saturated carbocycles. The van der Waals surface area contributed by atoms with Gasteiger partial charge >= 0.3 is 6.09 Å². The fourth-order valence-electron chi connectivity index (χ4n) is 4.63. The van der Waals surface area contributed by atoms with E-state index in [0.717, 1.165) is 57.6 Å². The van der Waals surface area contributed by atoms with Gasteiger partial charge in [0.05, 0.1) is 0 Å². The van der Waals surface area contributed by atoms with E-state index in [1.54, 1.807) is 5.57 Å². The Morgan fingerprint density at radius 1 is 1.27 bits per heavy atom. The molecule has 2 fully saturated rings. The number of nitrogens with zero attached hydrogens (tertiary/aromatic N) is 2. The average Bonchev–Trinajstić information content (AvgIpc) is 2.57. The van der Waals surface area contributed by atoms with Crippen molar-refractivity contribution in [1.29, 1.82) is 0 Å². The fourth-order valence-corrected chi connectivity index (χ4v) is 4.63. The van der Waals surface area contributed by atoms with Gasteiger partial charge in [-0.1, -0.05) is 25.5 Å². The van der Waals surface area contributed by atoms with Gasteiger partial charge in [0, 0.05) is 45.8 Å². The predicted octanol–water partition coefficient (Wildman–Crippen LogP) is 3.12. The van der Waals surface area contributed by atoms with Crippen LogP contribution in [0, 0.1) is 17.3 Å². The van der Waals surface area contributed by atoms with Crippen molar-refractivity contribution < 1.29 is 9.53 Å². The molecule has 1 N–H and O–H groups in total. The Balaban J connectivity index is 1.31. The third kappa shape index (κ3) is 4.42. The number of carbonyl (C=O) groups excluding carboxylic acids is 1.